The lowest BCUT2D eigenvalue weighted by molar-refractivity contribution is -0.0232. The second-order valence-electron chi connectivity index (χ2n) is 8.02. The molecule has 1 aromatic heterocycles. The summed E-state index contributed by atoms with van der Waals surface area (Å²) in [6, 6.07) is 14.7. The van der Waals surface area contributed by atoms with E-state index >= 15 is 0 Å². The molecule has 170 valence electrons. The zero-order valence-electron chi connectivity index (χ0n) is 18.5. The standard InChI is InChI=1S/C25H29F2N3O2/c1-3-5-10-22-28-24(25(26,27)15-4-2)29-30(22)17-19-13-11-18(12-14-19)16-20-8-6-7-9-21(20)23(31)32/h6-9,11-14H,3-5,10,15-17H2,1-2H3,(H,31,32). The normalized spacial score (nSPS) is 11.6. The summed E-state index contributed by atoms with van der Waals surface area (Å²) in [6.45, 7) is 4.13. The number of aromatic carboxylic acids is 1. The largest absolute Gasteiger partial charge is 0.478 e. The fraction of sp³-hybridized carbons (Fsp3) is 0.400. The maximum absolute atomic E-state index is 14.4. The van der Waals surface area contributed by atoms with Gasteiger partial charge >= 0.3 is 11.9 Å². The summed E-state index contributed by atoms with van der Waals surface area (Å²) in [4.78, 5) is 15.6. The Hall–Kier alpha value is -3.09. The van der Waals surface area contributed by atoms with Crippen molar-refractivity contribution in [3.63, 3.8) is 0 Å². The Morgan fingerprint density at radius 3 is 2.38 bits per heavy atom. The third-order valence-electron chi connectivity index (χ3n) is 5.39. The first kappa shape index (κ1) is 23.6. The molecular formula is C25H29F2N3O2. The van der Waals surface area contributed by atoms with Crippen LogP contribution in [0.25, 0.3) is 0 Å². The summed E-state index contributed by atoms with van der Waals surface area (Å²) in [5.41, 5.74) is 2.93. The van der Waals surface area contributed by atoms with Gasteiger partial charge in [-0.25, -0.2) is 14.5 Å². The lowest BCUT2D eigenvalue weighted by Crippen LogP contribution is -2.15. The lowest BCUT2D eigenvalue weighted by Gasteiger charge is -2.10. The van der Waals surface area contributed by atoms with E-state index in [0.717, 1.165) is 29.5 Å². The van der Waals surface area contributed by atoms with Crippen LogP contribution >= 0.6 is 0 Å². The molecule has 2 aromatic carbocycles. The minimum atomic E-state index is -3.03. The smallest absolute Gasteiger partial charge is 0.335 e. The third kappa shape index (κ3) is 5.78. The number of nitrogens with zero attached hydrogens (tertiary/aromatic N) is 3. The van der Waals surface area contributed by atoms with E-state index < -0.39 is 17.7 Å². The van der Waals surface area contributed by atoms with Gasteiger partial charge in [-0.2, -0.15) is 8.78 Å². The van der Waals surface area contributed by atoms with E-state index in [1.54, 1.807) is 23.7 Å². The number of carbonyl (C=O) groups is 1. The fourth-order valence-electron chi connectivity index (χ4n) is 3.64. The molecule has 0 saturated carbocycles. The molecule has 1 N–H and O–H groups in total. The summed E-state index contributed by atoms with van der Waals surface area (Å²) >= 11 is 0. The van der Waals surface area contributed by atoms with Gasteiger partial charge in [-0.3, -0.25) is 0 Å². The highest BCUT2D eigenvalue weighted by Crippen LogP contribution is 2.30. The maximum Gasteiger partial charge on any atom is 0.335 e. The van der Waals surface area contributed by atoms with Gasteiger partial charge in [-0.15, -0.1) is 5.10 Å². The predicted molar refractivity (Wildman–Crippen MR) is 119 cm³/mol. The van der Waals surface area contributed by atoms with Gasteiger partial charge in [-0.1, -0.05) is 62.7 Å². The van der Waals surface area contributed by atoms with Gasteiger partial charge in [0.05, 0.1) is 12.1 Å². The predicted octanol–water partition coefficient (Wildman–Crippen LogP) is 5.85. The van der Waals surface area contributed by atoms with Gasteiger partial charge < -0.3 is 5.11 Å². The van der Waals surface area contributed by atoms with Crippen molar-refractivity contribution >= 4 is 5.97 Å². The average molecular weight is 442 g/mol. The van der Waals surface area contributed by atoms with Crippen molar-refractivity contribution in [1.29, 1.82) is 0 Å². The molecule has 0 atom stereocenters. The summed E-state index contributed by atoms with van der Waals surface area (Å²) < 4.78 is 30.3. The van der Waals surface area contributed by atoms with E-state index in [2.05, 4.69) is 17.0 Å². The highest BCUT2D eigenvalue weighted by Gasteiger charge is 2.36. The van der Waals surface area contributed by atoms with Crippen LogP contribution in [0.5, 0.6) is 0 Å². The maximum atomic E-state index is 14.4. The van der Waals surface area contributed by atoms with Gasteiger partial charge in [-0.05, 0) is 42.0 Å². The third-order valence-corrected chi connectivity index (χ3v) is 5.39. The summed E-state index contributed by atoms with van der Waals surface area (Å²) in [7, 11) is 0. The van der Waals surface area contributed by atoms with E-state index in [9.17, 15) is 18.7 Å². The number of aromatic nitrogens is 3. The minimum absolute atomic E-state index is 0.267. The average Bonchev–Trinajstić information content (AvgIpc) is 3.17. The number of rotatable bonds is 11. The topological polar surface area (TPSA) is 68.0 Å². The Labute approximate surface area is 187 Å². The molecule has 0 fully saturated rings. The van der Waals surface area contributed by atoms with E-state index in [0.29, 0.717) is 37.2 Å². The number of benzene rings is 2. The minimum Gasteiger partial charge on any atom is -0.478 e. The molecule has 7 heteroatoms. The molecular weight excluding hydrogens is 412 g/mol. The van der Waals surface area contributed by atoms with E-state index in [4.69, 9.17) is 0 Å². The molecule has 5 nitrogen and oxygen atoms in total. The summed E-state index contributed by atoms with van der Waals surface area (Å²) in [5.74, 6) is -3.79. The van der Waals surface area contributed by atoms with Gasteiger partial charge in [0.15, 0.2) is 0 Å². The Kier molecular flexibility index (Phi) is 7.72. The van der Waals surface area contributed by atoms with Crippen molar-refractivity contribution in [2.24, 2.45) is 0 Å². The number of alkyl halides is 2. The van der Waals surface area contributed by atoms with Crippen LogP contribution in [-0.2, 0) is 25.3 Å². The van der Waals surface area contributed by atoms with Crippen molar-refractivity contribution in [3.8, 4) is 0 Å². The van der Waals surface area contributed by atoms with Gasteiger partial charge in [0.1, 0.15) is 5.82 Å². The summed E-state index contributed by atoms with van der Waals surface area (Å²) in [6.07, 6.45) is 3.01. The molecule has 3 aromatic rings. The molecule has 0 aliphatic heterocycles. The Morgan fingerprint density at radius 1 is 1.03 bits per heavy atom. The number of aryl methyl sites for hydroxylation is 1. The van der Waals surface area contributed by atoms with Crippen LogP contribution in [0.4, 0.5) is 8.78 Å². The SMILES string of the molecule is CCCCc1nc(C(F)(F)CCC)nn1Cc1ccc(Cc2ccccc2C(=O)O)cc1. The molecule has 0 unspecified atom stereocenters. The number of halogens is 2. The highest BCUT2D eigenvalue weighted by molar-refractivity contribution is 5.89. The second-order valence-corrected chi connectivity index (χ2v) is 8.02. The van der Waals surface area contributed by atoms with E-state index in [-0.39, 0.29) is 6.42 Å². The molecule has 0 aliphatic rings. The first-order chi connectivity index (χ1) is 15.3. The van der Waals surface area contributed by atoms with Gasteiger partial charge in [0, 0.05) is 12.8 Å². The first-order valence-corrected chi connectivity index (χ1v) is 11.0. The van der Waals surface area contributed by atoms with Crippen LogP contribution in [0.15, 0.2) is 48.5 Å². The molecule has 1 heterocycles. The van der Waals surface area contributed by atoms with Crippen LogP contribution in [0, 0.1) is 0 Å². The Balaban J connectivity index is 1.79. The Bertz CT molecular complexity index is 1050. The van der Waals surface area contributed by atoms with Crippen molar-refractivity contribution in [1.82, 2.24) is 14.8 Å². The number of unbranched alkanes of at least 4 members (excludes halogenated alkanes) is 1. The molecule has 0 bridgehead atoms. The zero-order chi connectivity index (χ0) is 23.1. The van der Waals surface area contributed by atoms with Crippen molar-refractivity contribution in [2.45, 2.75) is 64.8 Å². The second kappa shape index (κ2) is 10.5. The number of carboxylic acids is 1. The fourth-order valence-corrected chi connectivity index (χ4v) is 3.64. The summed E-state index contributed by atoms with van der Waals surface area (Å²) in [5, 5.41) is 13.5. The monoisotopic (exact) mass is 441 g/mol. The molecule has 0 aliphatic carbocycles. The molecule has 0 amide bonds. The van der Waals surface area contributed by atoms with Crippen molar-refractivity contribution in [2.75, 3.05) is 0 Å². The molecule has 32 heavy (non-hydrogen) atoms. The quantitative estimate of drug-likeness (QED) is 0.405. The van der Waals surface area contributed by atoms with Crippen LogP contribution in [0.2, 0.25) is 0 Å². The number of carboxylic acid groups (broad SMARTS) is 1. The van der Waals surface area contributed by atoms with Gasteiger partial charge in [0.2, 0.25) is 5.82 Å². The van der Waals surface area contributed by atoms with Crippen molar-refractivity contribution in [3.05, 3.63) is 82.4 Å². The van der Waals surface area contributed by atoms with Crippen LogP contribution in [-0.4, -0.2) is 25.8 Å². The first-order valence-electron chi connectivity index (χ1n) is 11.0. The van der Waals surface area contributed by atoms with Crippen LogP contribution < -0.4 is 0 Å². The lowest BCUT2D eigenvalue weighted by atomic mass is 9.99. The van der Waals surface area contributed by atoms with Crippen LogP contribution in [0.3, 0.4) is 0 Å². The molecule has 3 rings (SSSR count). The number of hydrogen-bond donors (Lipinski definition) is 1. The van der Waals surface area contributed by atoms with E-state index in [1.807, 2.05) is 36.4 Å². The molecule has 0 radical (unpaired) electrons. The van der Waals surface area contributed by atoms with E-state index in [1.165, 1.54) is 0 Å². The zero-order valence-corrected chi connectivity index (χ0v) is 18.5. The van der Waals surface area contributed by atoms with Gasteiger partial charge in [0.25, 0.3) is 0 Å². The van der Waals surface area contributed by atoms with Crippen molar-refractivity contribution < 1.29 is 18.7 Å². The van der Waals surface area contributed by atoms with Crippen LogP contribution in [0.1, 0.15) is 78.2 Å². The molecule has 0 spiro atoms. The molecule has 0 saturated heterocycles. The highest BCUT2D eigenvalue weighted by atomic mass is 19.3. The Morgan fingerprint density at radius 2 is 1.72 bits per heavy atom. The number of hydrogen-bond acceptors (Lipinski definition) is 3.